The highest BCUT2D eigenvalue weighted by Crippen LogP contribution is 2.26. The molecule has 0 atom stereocenters. The molecule has 0 saturated heterocycles. The second-order valence-corrected chi connectivity index (χ2v) is 7.65. The average molecular weight is 442 g/mol. The smallest absolute Gasteiger partial charge is 0.292 e. The zero-order valence-electron chi connectivity index (χ0n) is 17.3. The fourth-order valence-electron chi connectivity index (χ4n) is 2.78. The molecular formula is C21H23N5O4S. The Morgan fingerprint density at radius 3 is 2.65 bits per heavy atom. The van der Waals surface area contributed by atoms with Crippen LogP contribution in [0.4, 0.5) is 11.4 Å². The topological polar surface area (TPSA) is 112 Å². The largest absolute Gasteiger partial charge is 0.494 e. The van der Waals surface area contributed by atoms with Crippen LogP contribution in [0, 0.1) is 10.1 Å². The van der Waals surface area contributed by atoms with E-state index in [-0.39, 0.29) is 23.0 Å². The quantitative estimate of drug-likeness (QED) is 0.216. The molecule has 31 heavy (non-hydrogen) atoms. The highest BCUT2D eigenvalue weighted by Gasteiger charge is 2.17. The molecule has 2 aromatic carbocycles. The van der Waals surface area contributed by atoms with Crippen LogP contribution in [0.3, 0.4) is 0 Å². The van der Waals surface area contributed by atoms with Crippen molar-refractivity contribution in [2.24, 2.45) is 7.05 Å². The van der Waals surface area contributed by atoms with Gasteiger partial charge in [-0.2, -0.15) is 0 Å². The standard InChI is InChI=1S/C21H23N5O4S/c1-3-4-13-30-16-11-9-15(10-12-16)20-23-24-21(25(20)2)31-14-19(27)22-17-7-5-6-8-18(17)26(28)29/h5-12H,3-4,13-14H2,1-2H3,(H,22,27). The summed E-state index contributed by atoms with van der Waals surface area (Å²) >= 11 is 1.20. The summed E-state index contributed by atoms with van der Waals surface area (Å²) in [6.07, 6.45) is 2.09. The molecule has 0 aliphatic rings. The van der Waals surface area contributed by atoms with Crippen LogP contribution < -0.4 is 10.1 Å². The van der Waals surface area contributed by atoms with Crippen LogP contribution in [-0.2, 0) is 11.8 Å². The number of anilines is 1. The summed E-state index contributed by atoms with van der Waals surface area (Å²) in [5.41, 5.74) is 0.899. The van der Waals surface area contributed by atoms with Gasteiger partial charge in [0.05, 0.1) is 17.3 Å². The minimum Gasteiger partial charge on any atom is -0.494 e. The van der Waals surface area contributed by atoms with E-state index in [2.05, 4.69) is 22.4 Å². The van der Waals surface area contributed by atoms with Gasteiger partial charge in [-0.25, -0.2) is 0 Å². The minimum absolute atomic E-state index is 0.0439. The lowest BCUT2D eigenvalue weighted by atomic mass is 10.2. The highest BCUT2D eigenvalue weighted by molar-refractivity contribution is 7.99. The molecule has 0 fully saturated rings. The number of carbonyl (C=O) groups is 1. The van der Waals surface area contributed by atoms with Gasteiger partial charge in [0.1, 0.15) is 11.4 Å². The number of para-hydroxylation sites is 2. The summed E-state index contributed by atoms with van der Waals surface area (Å²) in [5.74, 6) is 1.15. The van der Waals surface area contributed by atoms with E-state index >= 15 is 0 Å². The number of carbonyl (C=O) groups excluding carboxylic acids is 1. The van der Waals surface area contributed by atoms with Crippen molar-refractivity contribution in [3.8, 4) is 17.1 Å². The molecule has 3 aromatic rings. The van der Waals surface area contributed by atoms with Gasteiger partial charge in [0, 0.05) is 18.7 Å². The van der Waals surface area contributed by atoms with E-state index in [9.17, 15) is 14.9 Å². The SMILES string of the molecule is CCCCOc1ccc(-c2nnc(SCC(=O)Nc3ccccc3[N+](=O)[O-])n2C)cc1. The third-order valence-electron chi connectivity index (χ3n) is 4.42. The Morgan fingerprint density at radius 1 is 1.19 bits per heavy atom. The number of benzene rings is 2. The first-order chi connectivity index (χ1) is 15.0. The van der Waals surface area contributed by atoms with E-state index in [1.807, 2.05) is 31.3 Å². The van der Waals surface area contributed by atoms with Crippen molar-refractivity contribution in [2.75, 3.05) is 17.7 Å². The highest BCUT2D eigenvalue weighted by atomic mass is 32.2. The maximum absolute atomic E-state index is 12.3. The molecule has 162 valence electrons. The average Bonchev–Trinajstić information content (AvgIpc) is 3.13. The molecule has 1 aromatic heterocycles. The minimum atomic E-state index is -0.530. The molecule has 0 radical (unpaired) electrons. The first-order valence-electron chi connectivity index (χ1n) is 9.78. The number of thioether (sulfide) groups is 1. The van der Waals surface area contributed by atoms with E-state index in [1.54, 1.807) is 16.7 Å². The molecule has 0 aliphatic carbocycles. The number of aromatic nitrogens is 3. The molecule has 0 bridgehead atoms. The van der Waals surface area contributed by atoms with Crippen molar-refractivity contribution in [3.63, 3.8) is 0 Å². The second-order valence-electron chi connectivity index (χ2n) is 6.70. The third kappa shape index (κ3) is 5.82. The monoisotopic (exact) mass is 441 g/mol. The van der Waals surface area contributed by atoms with Crippen molar-refractivity contribution in [3.05, 3.63) is 58.6 Å². The fourth-order valence-corrected chi connectivity index (χ4v) is 3.49. The summed E-state index contributed by atoms with van der Waals surface area (Å²) in [6.45, 7) is 2.81. The molecule has 1 amide bonds. The summed E-state index contributed by atoms with van der Waals surface area (Å²) in [7, 11) is 1.82. The van der Waals surface area contributed by atoms with Crippen molar-refractivity contribution in [1.82, 2.24) is 14.8 Å². The Morgan fingerprint density at radius 2 is 1.94 bits per heavy atom. The van der Waals surface area contributed by atoms with E-state index in [4.69, 9.17) is 4.74 Å². The van der Waals surface area contributed by atoms with Gasteiger partial charge in [-0.1, -0.05) is 37.2 Å². The van der Waals surface area contributed by atoms with E-state index < -0.39 is 4.92 Å². The predicted molar refractivity (Wildman–Crippen MR) is 119 cm³/mol. The number of amides is 1. The molecular weight excluding hydrogens is 418 g/mol. The number of rotatable bonds is 10. The van der Waals surface area contributed by atoms with Crippen LogP contribution in [0.25, 0.3) is 11.4 Å². The number of nitrogens with one attached hydrogen (secondary N) is 1. The van der Waals surface area contributed by atoms with Gasteiger partial charge in [-0.3, -0.25) is 14.9 Å². The van der Waals surface area contributed by atoms with Crippen LogP contribution in [0.2, 0.25) is 0 Å². The van der Waals surface area contributed by atoms with Gasteiger partial charge < -0.3 is 14.6 Å². The first-order valence-corrected chi connectivity index (χ1v) is 10.8. The molecule has 1 heterocycles. The Hall–Kier alpha value is -3.40. The van der Waals surface area contributed by atoms with Crippen LogP contribution in [0.15, 0.2) is 53.7 Å². The van der Waals surface area contributed by atoms with E-state index in [0.29, 0.717) is 17.6 Å². The first kappa shape index (κ1) is 22.3. The van der Waals surface area contributed by atoms with Gasteiger partial charge >= 0.3 is 0 Å². The lowest BCUT2D eigenvalue weighted by Gasteiger charge is -2.07. The molecule has 10 heteroatoms. The number of unbranched alkanes of at least 4 members (excludes halogenated alkanes) is 1. The maximum atomic E-state index is 12.3. The van der Waals surface area contributed by atoms with Gasteiger partial charge in [-0.05, 0) is 36.8 Å². The Balaban J connectivity index is 1.60. The lowest BCUT2D eigenvalue weighted by molar-refractivity contribution is -0.383. The number of nitro groups is 1. The number of hydrogen-bond donors (Lipinski definition) is 1. The summed E-state index contributed by atoms with van der Waals surface area (Å²) in [4.78, 5) is 22.8. The second kappa shape index (κ2) is 10.6. The van der Waals surface area contributed by atoms with Gasteiger partial charge in [-0.15, -0.1) is 10.2 Å². The molecule has 9 nitrogen and oxygen atoms in total. The molecule has 0 aliphatic heterocycles. The predicted octanol–water partition coefficient (Wildman–Crippen LogP) is 4.30. The van der Waals surface area contributed by atoms with Crippen LogP contribution in [0.5, 0.6) is 5.75 Å². The number of hydrogen-bond acceptors (Lipinski definition) is 7. The van der Waals surface area contributed by atoms with Gasteiger partial charge in [0.2, 0.25) is 5.91 Å². The fraction of sp³-hybridized carbons (Fsp3) is 0.286. The molecule has 3 rings (SSSR count). The Bertz CT molecular complexity index is 1050. The van der Waals surface area contributed by atoms with Gasteiger partial charge in [0.15, 0.2) is 11.0 Å². The third-order valence-corrected chi connectivity index (χ3v) is 5.44. The Labute approximate surface area is 184 Å². The molecule has 1 N–H and O–H groups in total. The van der Waals surface area contributed by atoms with E-state index in [0.717, 1.165) is 24.2 Å². The van der Waals surface area contributed by atoms with Gasteiger partial charge in [0.25, 0.3) is 5.69 Å². The molecule has 0 saturated carbocycles. The van der Waals surface area contributed by atoms with Crippen LogP contribution in [-0.4, -0.2) is 38.0 Å². The zero-order chi connectivity index (χ0) is 22.2. The maximum Gasteiger partial charge on any atom is 0.292 e. The van der Waals surface area contributed by atoms with Crippen LogP contribution in [0.1, 0.15) is 19.8 Å². The lowest BCUT2D eigenvalue weighted by Crippen LogP contribution is -2.15. The van der Waals surface area contributed by atoms with Crippen molar-refractivity contribution in [2.45, 2.75) is 24.9 Å². The zero-order valence-corrected chi connectivity index (χ0v) is 18.1. The van der Waals surface area contributed by atoms with E-state index in [1.165, 1.54) is 23.9 Å². The molecule has 0 spiro atoms. The normalized spacial score (nSPS) is 10.6. The van der Waals surface area contributed by atoms with Crippen LogP contribution >= 0.6 is 11.8 Å². The number of nitrogens with zero attached hydrogens (tertiary/aromatic N) is 4. The Kier molecular flexibility index (Phi) is 7.60. The summed E-state index contributed by atoms with van der Waals surface area (Å²) in [5, 5.41) is 22.6. The van der Waals surface area contributed by atoms with Crippen molar-refractivity contribution < 1.29 is 14.5 Å². The summed E-state index contributed by atoms with van der Waals surface area (Å²) in [6, 6.07) is 13.6. The number of nitro benzene ring substituents is 1. The summed E-state index contributed by atoms with van der Waals surface area (Å²) < 4.78 is 7.48. The molecule has 0 unspecified atom stereocenters. The number of ether oxygens (including phenoxy) is 1. The van der Waals surface area contributed by atoms with Crippen molar-refractivity contribution in [1.29, 1.82) is 0 Å². The van der Waals surface area contributed by atoms with Crippen molar-refractivity contribution >= 4 is 29.0 Å².